The van der Waals surface area contributed by atoms with Crippen molar-refractivity contribution in [2.45, 2.75) is 37.1 Å². The van der Waals surface area contributed by atoms with Gasteiger partial charge < -0.3 is 24.8 Å². The van der Waals surface area contributed by atoms with Crippen molar-refractivity contribution in [3.8, 4) is 11.4 Å². The van der Waals surface area contributed by atoms with Crippen LogP contribution in [0.5, 0.6) is 0 Å². The molecule has 2 fully saturated rings. The van der Waals surface area contributed by atoms with Gasteiger partial charge in [-0.05, 0) is 34.7 Å². The Morgan fingerprint density at radius 2 is 1.90 bits per heavy atom. The van der Waals surface area contributed by atoms with Crippen molar-refractivity contribution in [3.05, 3.63) is 24.3 Å². The molecule has 160 valence electrons. The van der Waals surface area contributed by atoms with E-state index in [4.69, 9.17) is 14.6 Å². The van der Waals surface area contributed by atoms with Gasteiger partial charge in [0.15, 0.2) is 5.82 Å². The van der Waals surface area contributed by atoms with Gasteiger partial charge in [-0.15, -0.1) is 5.10 Å². The Morgan fingerprint density at radius 1 is 1.17 bits per heavy atom. The average Bonchev–Trinajstić information content (AvgIpc) is 3.43. The largest absolute Gasteiger partial charge is 0.481 e. The second-order valence-corrected chi connectivity index (χ2v) is 7.62. The number of carboxylic acids is 1. The monoisotopic (exact) mass is 416 g/mol. The van der Waals surface area contributed by atoms with Gasteiger partial charge in [0.25, 0.3) is 0 Å². The number of aromatic nitrogens is 4. The topological polar surface area (TPSA) is 132 Å². The first-order valence-electron chi connectivity index (χ1n) is 9.74. The minimum Gasteiger partial charge on any atom is -0.481 e. The predicted octanol–water partition coefficient (Wildman–Crippen LogP) is 0.0944. The number of carbonyl (C=O) groups is 2. The molecule has 2 saturated heterocycles. The maximum atomic E-state index is 12.0. The number of tetrazole rings is 1. The number of hydrogen-bond acceptors (Lipinski definition) is 8. The first-order valence-corrected chi connectivity index (χ1v) is 9.74. The summed E-state index contributed by atoms with van der Waals surface area (Å²) in [5.41, 5.74) is 1.95. The van der Waals surface area contributed by atoms with Gasteiger partial charge in [-0.3, -0.25) is 9.59 Å². The van der Waals surface area contributed by atoms with Crippen LogP contribution in [0.25, 0.3) is 11.4 Å². The molecule has 2 aliphatic rings. The van der Waals surface area contributed by atoms with E-state index in [1.807, 2.05) is 43.3 Å². The number of nitrogens with one attached hydrogen (secondary N) is 1. The lowest BCUT2D eigenvalue weighted by molar-refractivity contribution is -0.139. The molecular formula is C19H24N6O5. The molecule has 30 heavy (non-hydrogen) atoms. The van der Waals surface area contributed by atoms with Crippen molar-refractivity contribution in [3.63, 3.8) is 0 Å². The highest BCUT2D eigenvalue weighted by Gasteiger charge is 2.50. The Hall–Kier alpha value is -3.05. The SMILES string of the molecule is CN(C)c1ccc(-c2nnnn2C2COC3C(NC(=O)CCC(=O)O)COC32)cc1. The van der Waals surface area contributed by atoms with E-state index in [9.17, 15) is 9.59 Å². The van der Waals surface area contributed by atoms with E-state index in [2.05, 4.69) is 20.8 Å². The number of anilines is 1. The number of nitrogens with zero attached hydrogens (tertiary/aromatic N) is 5. The zero-order chi connectivity index (χ0) is 21.3. The molecular weight excluding hydrogens is 392 g/mol. The molecule has 2 aliphatic heterocycles. The van der Waals surface area contributed by atoms with E-state index in [-0.39, 0.29) is 43.0 Å². The number of ether oxygens (including phenoxy) is 2. The molecule has 11 nitrogen and oxygen atoms in total. The summed E-state index contributed by atoms with van der Waals surface area (Å²) in [7, 11) is 3.95. The molecule has 0 radical (unpaired) electrons. The molecule has 0 aliphatic carbocycles. The Bertz CT molecular complexity index is 914. The maximum Gasteiger partial charge on any atom is 0.303 e. The third-order valence-corrected chi connectivity index (χ3v) is 5.39. The predicted molar refractivity (Wildman–Crippen MR) is 105 cm³/mol. The van der Waals surface area contributed by atoms with E-state index < -0.39 is 5.97 Å². The van der Waals surface area contributed by atoms with E-state index in [0.29, 0.717) is 19.0 Å². The number of carboxylic acid groups (broad SMARTS) is 1. The Labute approximate surface area is 172 Å². The number of rotatable bonds is 7. The van der Waals surface area contributed by atoms with Gasteiger partial charge in [0.1, 0.15) is 18.2 Å². The third kappa shape index (κ3) is 3.98. The van der Waals surface area contributed by atoms with Gasteiger partial charge >= 0.3 is 5.97 Å². The van der Waals surface area contributed by atoms with Gasteiger partial charge in [0.05, 0.1) is 25.7 Å². The second kappa shape index (κ2) is 8.36. The van der Waals surface area contributed by atoms with Crippen LogP contribution in [0.3, 0.4) is 0 Å². The molecule has 1 aromatic heterocycles. The lowest BCUT2D eigenvalue weighted by atomic mass is 10.1. The molecule has 4 rings (SSSR count). The molecule has 4 atom stereocenters. The third-order valence-electron chi connectivity index (χ3n) is 5.39. The molecule has 0 saturated carbocycles. The van der Waals surface area contributed by atoms with Crippen LogP contribution in [0, 0.1) is 0 Å². The number of amides is 1. The highest BCUT2D eigenvalue weighted by atomic mass is 16.6. The summed E-state index contributed by atoms with van der Waals surface area (Å²) in [6.07, 6.45) is -0.931. The first-order chi connectivity index (χ1) is 14.4. The molecule has 1 amide bonds. The van der Waals surface area contributed by atoms with Crippen LogP contribution < -0.4 is 10.2 Å². The van der Waals surface area contributed by atoms with Crippen molar-refractivity contribution < 1.29 is 24.2 Å². The second-order valence-electron chi connectivity index (χ2n) is 7.62. The standard InChI is InChI=1S/C19H24N6O5/c1-24(2)12-5-3-11(4-6-12)19-21-22-23-25(19)14-10-30-17-13(9-29-18(14)17)20-15(26)7-8-16(27)28/h3-6,13-14,17-18H,7-10H2,1-2H3,(H,20,26)(H,27,28). The molecule has 4 unspecified atom stereocenters. The van der Waals surface area contributed by atoms with Crippen LogP contribution in [-0.2, 0) is 19.1 Å². The summed E-state index contributed by atoms with van der Waals surface area (Å²) in [5, 5.41) is 23.7. The summed E-state index contributed by atoms with van der Waals surface area (Å²) in [6.45, 7) is 0.643. The highest BCUT2D eigenvalue weighted by molar-refractivity contribution is 5.80. The molecule has 0 bridgehead atoms. The fourth-order valence-electron chi connectivity index (χ4n) is 3.83. The first kappa shape index (κ1) is 20.2. The van der Waals surface area contributed by atoms with Gasteiger partial charge in [-0.1, -0.05) is 0 Å². The van der Waals surface area contributed by atoms with E-state index in [0.717, 1.165) is 11.3 Å². The van der Waals surface area contributed by atoms with Crippen LogP contribution in [0.2, 0.25) is 0 Å². The number of benzene rings is 1. The molecule has 2 N–H and O–H groups in total. The van der Waals surface area contributed by atoms with E-state index in [1.165, 1.54) is 0 Å². The van der Waals surface area contributed by atoms with Gasteiger partial charge in [0, 0.05) is 31.8 Å². The van der Waals surface area contributed by atoms with E-state index in [1.54, 1.807) is 4.68 Å². The number of fused-ring (bicyclic) bond motifs is 1. The Morgan fingerprint density at radius 3 is 2.60 bits per heavy atom. The fraction of sp³-hybridized carbons (Fsp3) is 0.526. The van der Waals surface area contributed by atoms with Crippen molar-refractivity contribution in [1.82, 2.24) is 25.5 Å². The lowest BCUT2D eigenvalue weighted by Gasteiger charge is -2.18. The zero-order valence-corrected chi connectivity index (χ0v) is 16.8. The number of carbonyl (C=O) groups excluding carboxylic acids is 1. The number of hydrogen-bond donors (Lipinski definition) is 2. The van der Waals surface area contributed by atoms with Crippen molar-refractivity contribution in [1.29, 1.82) is 0 Å². The van der Waals surface area contributed by atoms with Gasteiger partial charge in [-0.25, -0.2) is 4.68 Å². The van der Waals surface area contributed by atoms with Crippen LogP contribution in [0.15, 0.2) is 24.3 Å². The summed E-state index contributed by atoms with van der Waals surface area (Å²) >= 11 is 0. The smallest absolute Gasteiger partial charge is 0.303 e. The average molecular weight is 416 g/mol. The van der Waals surface area contributed by atoms with Crippen molar-refractivity contribution >= 4 is 17.6 Å². The highest BCUT2D eigenvalue weighted by Crippen LogP contribution is 2.35. The van der Waals surface area contributed by atoms with Crippen LogP contribution in [0.1, 0.15) is 18.9 Å². The molecule has 3 heterocycles. The van der Waals surface area contributed by atoms with Crippen LogP contribution in [-0.4, -0.2) is 82.7 Å². The molecule has 2 aromatic rings. The minimum absolute atomic E-state index is 0.0767. The fourth-order valence-corrected chi connectivity index (χ4v) is 3.83. The lowest BCUT2D eigenvalue weighted by Crippen LogP contribution is -2.44. The van der Waals surface area contributed by atoms with E-state index >= 15 is 0 Å². The zero-order valence-electron chi connectivity index (χ0n) is 16.8. The summed E-state index contributed by atoms with van der Waals surface area (Å²) in [6, 6.07) is 7.36. The minimum atomic E-state index is -1.01. The molecule has 0 spiro atoms. The Balaban J connectivity index is 1.46. The van der Waals surface area contributed by atoms with Crippen molar-refractivity contribution in [2.75, 3.05) is 32.2 Å². The number of aliphatic carboxylic acids is 1. The van der Waals surface area contributed by atoms with Gasteiger partial charge in [0.2, 0.25) is 5.91 Å². The summed E-state index contributed by atoms with van der Waals surface area (Å²) < 4.78 is 13.5. The Kier molecular flexibility index (Phi) is 5.64. The quantitative estimate of drug-likeness (QED) is 0.645. The molecule has 11 heteroatoms. The van der Waals surface area contributed by atoms with Crippen LogP contribution >= 0.6 is 0 Å². The van der Waals surface area contributed by atoms with Crippen LogP contribution in [0.4, 0.5) is 5.69 Å². The summed E-state index contributed by atoms with van der Waals surface area (Å²) in [5.74, 6) is -0.720. The summed E-state index contributed by atoms with van der Waals surface area (Å²) in [4.78, 5) is 24.6. The maximum absolute atomic E-state index is 12.0. The van der Waals surface area contributed by atoms with Gasteiger partial charge in [-0.2, -0.15) is 0 Å². The van der Waals surface area contributed by atoms with Crippen molar-refractivity contribution in [2.24, 2.45) is 0 Å². The molecule has 1 aromatic carbocycles. The normalized spacial score (nSPS) is 25.1.